The molecule has 3 aliphatic rings. The minimum atomic E-state index is -0.386. The first-order chi connectivity index (χ1) is 14.2. The fourth-order valence-electron chi connectivity index (χ4n) is 4.45. The molecular formula is C21H30FN7. The Morgan fingerprint density at radius 1 is 1.07 bits per heavy atom. The van der Waals surface area contributed by atoms with E-state index in [-0.39, 0.29) is 5.82 Å². The second-order valence-electron chi connectivity index (χ2n) is 8.88. The predicted octanol–water partition coefficient (Wildman–Crippen LogP) is 2.25. The lowest BCUT2D eigenvalue weighted by atomic mass is 9.90. The van der Waals surface area contributed by atoms with Crippen LogP contribution in [0.15, 0.2) is 12.4 Å². The van der Waals surface area contributed by atoms with Gasteiger partial charge < -0.3 is 16.0 Å². The molecule has 5 rings (SSSR count). The first-order valence-corrected chi connectivity index (χ1v) is 10.9. The van der Waals surface area contributed by atoms with Gasteiger partial charge in [-0.15, -0.1) is 0 Å². The largest absolute Gasteiger partial charge is 0.351 e. The molecule has 3 fully saturated rings. The summed E-state index contributed by atoms with van der Waals surface area (Å²) in [5.41, 5.74) is 2.22. The fraction of sp³-hybridized carbons (Fsp3) is 0.667. The van der Waals surface area contributed by atoms with Gasteiger partial charge in [0.25, 0.3) is 0 Å². The van der Waals surface area contributed by atoms with Crippen molar-refractivity contribution in [1.29, 1.82) is 0 Å². The summed E-state index contributed by atoms with van der Waals surface area (Å²) in [6.07, 6.45) is 10.9. The number of halogens is 1. The molecule has 7 nitrogen and oxygen atoms in total. The molecule has 2 aliphatic carbocycles. The monoisotopic (exact) mass is 399 g/mol. The van der Waals surface area contributed by atoms with Crippen molar-refractivity contribution in [2.75, 3.05) is 18.4 Å². The first-order valence-electron chi connectivity index (χ1n) is 10.9. The lowest BCUT2D eigenvalue weighted by Gasteiger charge is -2.36. The van der Waals surface area contributed by atoms with Gasteiger partial charge in [-0.05, 0) is 50.9 Å². The van der Waals surface area contributed by atoms with Crippen LogP contribution in [-0.4, -0.2) is 51.0 Å². The van der Waals surface area contributed by atoms with Crippen LogP contribution in [0.25, 0.3) is 11.3 Å². The highest BCUT2D eigenvalue weighted by molar-refractivity contribution is 5.63. The van der Waals surface area contributed by atoms with Gasteiger partial charge in [-0.1, -0.05) is 0 Å². The summed E-state index contributed by atoms with van der Waals surface area (Å²) < 4.78 is 16.4. The van der Waals surface area contributed by atoms with Crippen LogP contribution in [0.3, 0.4) is 0 Å². The molecule has 0 spiro atoms. The van der Waals surface area contributed by atoms with Crippen molar-refractivity contribution in [2.24, 2.45) is 13.0 Å². The fourth-order valence-corrected chi connectivity index (χ4v) is 4.45. The van der Waals surface area contributed by atoms with Crippen LogP contribution in [0.5, 0.6) is 0 Å². The molecular weight excluding hydrogens is 369 g/mol. The van der Waals surface area contributed by atoms with Gasteiger partial charge in [0.05, 0.1) is 12.4 Å². The summed E-state index contributed by atoms with van der Waals surface area (Å²) in [5.74, 6) is 0.830. The van der Waals surface area contributed by atoms with E-state index in [1.165, 1.54) is 19.0 Å². The molecule has 2 saturated carbocycles. The van der Waals surface area contributed by atoms with Gasteiger partial charge >= 0.3 is 0 Å². The summed E-state index contributed by atoms with van der Waals surface area (Å²) >= 11 is 0. The molecule has 156 valence electrons. The normalized spacial score (nSPS) is 25.0. The number of hydrogen-bond acceptors (Lipinski definition) is 6. The summed E-state index contributed by atoms with van der Waals surface area (Å²) in [4.78, 5) is 8.76. The van der Waals surface area contributed by atoms with Gasteiger partial charge in [0.2, 0.25) is 5.95 Å². The van der Waals surface area contributed by atoms with Gasteiger partial charge in [0, 0.05) is 49.5 Å². The molecule has 2 aromatic rings. The van der Waals surface area contributed by atoms with Crippen LogP contribution in [0.4, 0.5) is 10.3 Å². The molecule has 8 heteroatoms. The summed E-state index contributed by atoms with van der Waals surface area (Å²) in [6.45, 7) is 2.17. The van der Waals surface area contributed by atoms with E-state index in [1.54, 1.807) is 6.20 Å². The van der Waals surface area contributed by atoms with E-state index in [0.717, 1.165) is 56.5 Å². The quantitative estimate of drug-likeness (QED) is 0.663. The third kappa shape index (κ3) is 4.28. The van der Waals surface area contributed by atoms with Crippen molar-refractivity contribution in [3.05, 3.63) is 23.9 Å². The van der Waals surface area contributed by atoms with E-state index in [9.17, 15) is 4.39 Å². The smallest absolute Gasteiger partial charge is 0.223 e. The Balaban J connectivity index is 1.25. The number of rotatable bonds is 7. The van der Waals surface area contributed by atoms with E-state index in [1.807, 2.05) is 11.7 Å². The Labute approximate surface area is 170 Å². The van der Waals surface area contributed by atoms with E-state index in [0.29, 0.717) is 35.7 Å². The van der Waals surface area contributed by atoms with Crippen LogP contribution in [-0.2, 0) is 13.5 Å². The maximum absolute atomic E-state index is 14.6. The minimum Gasteiger partial charge on any atom is -0.351 e. The van der Waals surface area contributed by atoms with Gasteiger partial charge in [-0.3, -0.25) is 4.68 Å². The molecule has 0 atom stereocenters. The van der Waals surface area contributed by atoms with Gasteiger partial charge in [-0.2, -0.15) is 5.10 Å². The number of aromatic nitrogens is 4. The zero-order valence-electron chi connectivity index (χ0n) is 17.0. The highest BCUT2D eigenvalue weighted by Crippen LogP contribution is 2.36. The molecule has 0 radical (unpaired) electrons. The molecule has 0 amide bonds. The molecule has 0 aromatic carbocycles. The molecule has 0 bridgehead atoms. The van der Waals surface area contributed by atoms with Crippen LogP contribution >= 0.6 is 0 Å². The summed E-state index contributed by atoms with van der Waals surface area (Å²) in [6, 6.07) is 1.58. The van der Waals surface area contributed by atoms with Crippen LogP contribution in [0.1, 0.15) is 44.2 Å². The molecule has 1 saturated heterocycles. The maximum atomic E-state index is 14.6. The van der Waals surface area contributed by atoms with Crippen molar-refractivity contribution < 1.29 is 4.39 Å². The second-order valence-corrected chi connectivity index (χ2v) is 8.88. The van der Waals surface area contributed by atoms with Crippen LogP contribution in [0.2, 0.25) is 0 Å². The molecule has 29 heavy (non-hydrogen) atoms. The molecule has 2 aromatic heterocycles. The lowest BCUT2D eigenvalue weighted by Crippen LogP contribution is -2.58. The van der Waals surface area contributed by atoms with Gasteiger partial charge in [-0.25, -0.2) is 14.4 Å². The highest BCUT2D eigenvalue weighted by atomic mass is 19.1. The van der Waals surface area contributed by atoms with Crippen LogP contribution in [0, 0.1) is 11.7 Å². The van der Waals surface area contributed by atoms with E-state index >= 15 is 0 Å². The maximum Gasteiger partial charge on any atom is 0.223 e. The average molecular weight is 400 g/mol. The molecule has 3 heterocycles. The van der Waals surface area contributed by atoms with Crippen molar-refractivity contribution in [3.8, 4) is 11.3 Å². The zero-order chi connectivity index (χ0) is 19.8. The topological polar surface area (TPSA) is 79.7 Å². The first kappa shape index (κ1) is 18.9. The Morgan fingerprint density at radius 2 is 1.83 bits per heavy atom. The second kappa shape index (κ2) is 7.99. The standard InChI is InChI=1S/C21H30FN7/c1-29-19(8-13-2-3-13)17(11-25-29)20-18(22)12-24-21(28-20)27-15-6-4-14(5-7-15)26-16-9-23-10-16/h11-16,23,26H,2-10H2,1H3,(H,24,27,28). The van der Waals surface area contributed by atoms with Crippen molar-refractivity contribution in [3.63, 3.8) is 0 Å². The van der Waals surface area contributed by atoms with E-state index < -0.39 is 0 Å². The Morgan fingerprint density at radius 3 is 2.52 bits per heavy atom. The van der Waals surface area contributed by atoms with E-state index in [2.05, 4.69) is 31.0 Å². The Hall–Kier alpha value is -2.06. The Kier molecular flexibility index (Phi) is 5.22. The minimum absolute atomic E-state index is 0.339. The average Bonchev–Trinajstić information content (AvgIpc) is 3.44. The Bertz CT molecular complexity index is 851. The van der Waals surface area contributed by atoms with Gasteiger partial charge in [0.15, 0.2) is 5.82 Å². The van der Waals surface area contributed by atoms with Crippen molar-refractivity contribution in [1.82, 2.24) is 30.4 Å². The third-order valence-electron chi connectivity index (χ3n) is 6.55. The number of nitrogens with zero attached hydrogens (tertiary/aromatic N) is 4. The number of aryl methyl sites for hydroxylation is 1. The molecule has 1 aliphatic heterocycles. The predicted molar refractivity (Wildman–Crippen MR) is 110 cm³/mol. The number of nitrogens with one attached hydrogen (secondary N) is 3. The van der Waals surface area contributed by atoms with Crippen molar-refractivity contribution >= 4 is 5.95 Å². The molecule has 0 unspecified atom stereocenters. The molecule has 3 N–H and O–H groups in total. The summed E-state index contributed by atoms with van der Waals surface area (Å²) in [5, 5.41) is 14.8. The number of anilines is 1. The van der Waals surface area contributed by atoms with Crippen molar-refractivity contribution in [2.45, 2.75) is 63.1 Å². The van der Waals surface area contributed by atoms with Crippen LogP contribution < -0.4 is 16.0 Å². The SMILES string of the molecule is Cn1ncc(-c2nc(NC3CCC(NC4CNC4)CC3)ncc2F)c1CC1CC1. The van der Waals surface area contributed by atoms with E-state index in [4.69, 9.17) is 0 Å². The lowest BCUT2D eigenvalue weighted by molar-refractivity contribution is 0.276. The van der Waals surface area contributed by atoms with Gasteiger partial charge in [0.1, 0.15) is 5.69 Å². The third-order valence-corrected chi connectivity index (χ3v) is 6.55. The zero-order valence-corrected chi connectivity index (χ0v) is 17.0. The highest BCUT2D eigenvalue weighted by Gasteiger charge is 2.28. The summed E-state index contributed by atoms with van der Waals surface area (Å²) in [7, 11) is 1.92. The number of hydrogen-bond donors (Lipinski definition) is 3.